The normalized spacial score (nSPS) is 10.9. The number of aliphatic imine (C=N–C) groups is 1. The van der Waals surface area contributed by atoms with Gasteiger partial charge < -0.3 is 20.5 Å². The van der Waals surface area contributed by atoms with E-state index in [0.717, 1.165) is 24.6 Å². The summed E-state index contributed by atoms with van der Waals surface area (Å²) < 4.78 is 6.99. The van der Waals surface area contributed by atoms with Crippen molar-refractivity contribution in [1.82, 2.24) is 20.4 Å². The zero-order valence-electron chi connectivity index (χ0n) is 17.2. The predicted molar refractivity (Wildman–Crippen MR) is 130 cm³/mol. The van der Waals surface area contributed by atoms with E-state index in [4.69, 9.17) is 4.74 Å². The quantitative estimate of drug-likeness (QED) is 0.240. The zero-order chi connectivity index (χ0) is 20.5. The number of hydrogen-bond acceptors (Lipinski definition) is 4. The first kappa shape index (κ1) is 23.5. The monoisotopic (exact) mass is 521 g/mol. The topological polar surface area (TPSA) is 83.7 Å². The van der Waals surface area contributed by atoms with E-state index in [-0.39, 0.29) is 29.7 Å². The van der Waals surface area contributed by atoms with Gasteiger partial charge in [0.1, 0.15) is 0 Å². The average molecular weight is 521 g/mol. The Kier molecular flexibility index (Phi) is 9.46. The van der Waals surface area contributed by atoms with Crippen LogP contribution in [0.3, 0.4) is 0 Å². The molecule has 1 heterocycles. The Balaban J connectivity index is 0.00000320. The van der Waals surface area contributed by atoms with E-state index in [2.05, 4.69) is 32.9 Å². The number of hydrogen-bond donors (Lipinski definition) is 3. The molecular formula is C22H28IN5O2. The first-order chi connectivity index (χ1) is 14.2. The lowest BCUT2D eigenvalue weighted by Crippen LogP contribution is -2.37. The van der Waals surface area contributed by atoms with Gasteiger partial charge in [-0.05, 0) is 41.8 Å². The van der Waals surface area contributed by atoms with Crippen molar-refractivity contribution in [1.29, 1.82) is 0 Å². The van der Waals surface area contributed by atoms with E-state index in [0.29, 0.717) is 18.8 Å². The van der Waals surface area contributed by atoms with Crippen LogP contribution in [0.1, 0.15) is 23.6 Å². The van der Waals surface area contributed by atoms with Crippen LogP contribution < -0.4 is 15.4 Å². The minimum absolute atomic E-state index is 0. The van der Waals surface area contributed by atoms with Crippen LogP contribution in [0.4, 0.5) is 0 Å². The summed E-state index contributed by atoms with van der Waals surface area (Å²) in [6.45, 7) is 4.61. The number of ether oxygens (including phenoxy) is 1. The molecular weight excluding hydrogens is 493 g/mol. The van der Waals surface area contributed by atoms with Crippen molar-refractivity contribution in [2.75, 3.05) is 13.7 Å². The maximum absolute atomic E-state index is 9.94. The number of aromatic nitrogens is 2. The van der Waals surface area contributed by atoms with Gasteiger partial charge in [0, 0.05) is 25.5 Å². The summed E-state index contributed by atoms with van der Waals surface area (Å²) in [5, 5.41) is 20.9. The lowest BCUT2D eigenvalue weighted by Gasteiger charge is -2.14. The molecule has 0 aliphatic rings. The summed E-state index contributed by atoms with van der Waals surface area (Å²) in [7, 11) is 1.53. The Morgan fingerprint density at radius 3 is 2.60 bits per heavy atom. The van der Waals surface area contributed by atoms with Crippen molar-refractivity contribution in [3.8, 4) is 11.5 Å². The molecule has 0 saturated heterocycles. The predicted octanol–water partition coefficient (Wildman–Crippen LogP) is 3.52. The third-order valence-corrected chi connectivity index (χ3v) is 4.46. The molecule has 160 valence electrons. The van der Waals surface area contributed by atoms with Gasteiger partial charge in [-0.15, -0.1) is 24.0 Å². The van der Waals surface area contributed by atoms with Crippen LogP contribution in [0.15, 0.2) is 65.9 Å². The Morgan fingerprint density at radius 2 is 1.93 bits per heavy atom. The maximum Gasteiger partial charge on any atom is 0.191 e. The Bertz CT molecular complexity index is 944. The molecule has 0 radical (unpaired) electrons. The van der Waals surface area contributed by atoms with E-state index in [1.807, 2.05) is 42.1 Å². The summed E-state index contributed by atoms with van der Waals surface area (Å²) in [4.78, 5) is 4.63. The molecule has 3 rings (SSSR count). The van der Waals surface area contributed by atoms with Crippen molar-refractivity contribution >= 4 is 29.9 Å². The fourth-order valence-electron chi connectivity index (χ4n) is 2.98. The fourth-order valence-corrected chi connectivity index (χ4v) is 2.98. The molecule has 8 heteroatoms. The standard InChI is InChI=1S/C22H27N5O2.HI/c1-3-23-22(24-14-17-9-10-21(29-2)20(28)13-17)25-15-18-7-4-5-8-19(18)16-27-12-6-11-26-27;/h4-13,28H,3,14-16H2,1-2H3,(H2,23,24,25);1H. The van der Waals surface area contributed by atoms with E-state index >= 15 is 0 Å². The molecule has 0 fully saturated rings. The molecule has 3 N–H and O–H groups in total. The molecule has 0 saturated carbocycles. The number of benzene rings is 2. The van der Waals surface area contributed by atoms with Crippen molar-refractivity contribution in [3.05, 3.63) is 77.6 Å². The van der Waals surface area contributed by atoms with Crippen molar-refractivity contribution in [2.24, 2.45) is 4.99 Å². The minimum Gasteiger partial charge on any atom is -0.504 e. The molecule has 1 aromatic heterocycles. The van der Waals surface area contributed by atoms with Crippen LogP contribution in [-0.2, 0) is 19.6 Å². The second-order valence-corrected chi connectivity index (χ2v) is 6.53. The van der Waals surface area contributed by atoms with Gasteiger partial charge in [0.25, 0.3) is 0 Å². The lowest BCUT2D eigenvalue weighted by molar-refractivity contribution is 0.373. The summed E-state index contributed by atoms with van der Waals surface area (Å²) in [5.74, 6) is 1.29. The lowest BCUT2D eigenvalue weighted by atomic mass is 10.1. The van der Waals surface area contributed by atoms with Crippen molar-refractivity contribution in [2.45, 2.75) is 26.6 Å². The molecule has 0 aliphatic heterocycles. The Labute approximate surface area is 194 Å². The van der Waals surface area contributed by atoms with Crippen LogP contribution >= 0.6 is 24.0 Å². The molecule has 7 nitrogen and oxygen atoms in total. The minimum atomic E-state index is 0. The maximum atomic E-state index is 9.94. The average Bonchev–Trinajstić information content (AvgIpc) is 3.24. The van der Waals surface area contributed by atoms with Crippen LogP contribution in [-0.4, -0.2) is 34.5 Å². The number of phenols is 1. The smallest absolute Gasteiger partial charge is 0.191 e. The van der Waals surface area contributed by atoms with E-state index in [9.17, 15) is 5.11 Å². The van der Waals surface area contributed by atoms with Gasteiger partial charge in [-0.2, -0.15) is 5.10 Å². The van der Waals surface area contributed by atoms with E-state index in [1.54, 1.807) is 18.3 Å². The number of methoxy groups -OCH3 is 1. The van der Waals surface area contributed by atoms with Crippen molar-refractivity contribution in [3.63, 3.8) is 0 Å². The molecule has 3 aromatic rings. The van der Waals surface area contributed by atoms with Gasteiger partial charge >= 0.3 is 0 Å². The second-order valence-electron chi connectivity index (χ2n) is 6.53. The van der Waals surface area contributed by atoms with Crippen LogP contribution in [0, 0.1) is 0 Å². The number of halogens is 1. The highest BCUT2D eigenvalue weighted by Gasteiger charge is 2.06. The first-order valence-electron chi connectivity index (χ1n) is 9.62. The zero-order valence-corrected chi connectivity index (χ0v) is 19.5. The van der Waals surface area contributed by atoms with Gasteiger partial charge in [0.2, 0.25) is 0 Å². The Hall–Kier alpha value is -2.75. The largest absolute Gasteiger partial charge is 0.504 e. The first-order valence-corrected chi connectivity index (χ1v) is 9.62. The van der Waals surface area contributed by atoms with Crippen LogP contribution in [0.2, 0.25) is 0 Å². The number of guanidine groups is 1. The Morgan fingerprint density at radius 1 is 1.13 bits per heavy atom. The number of nitrogens with zero attached hydrogens (tertiary/aromatic N) is 3. The second kappa shape index (κ2) is 12.1. The fraction of sp³-hybridized carbons (Fsp3) is 0.273. The molecule has 0 aliphatic carbocycles. The molecule has 2 aromatic carbocycles. The van der Waals surface area contributed by atoms with E-state index in [1.165, 1.54) is 18.2 Å². The van der Waals surface area contributed by atoms with Gasteiger partial charge in [-0.3, -0.25) is 4.68 Å². The molecule has 0 atom stereocenters. The summed E-state index contributed by atoms with van der Waals surface area (Å²) >= 11 is 0. The number of rotatable bonds is 8. The SMILES string of the molecule is CCNC(=NCc1ccc(OC)c(O)c1)NCc1ccccc1Cn1cccn1.I. The number of phenolic OH excluding ortho intramolecular Hbond substituents is 1. The molecule has 0 unspecified atom stereocenters. The van der Waals surface area contributed by atoms with Crippen molar-refractivity contribution < 1.29 is 9.84 Å². The molecule has 0 bridgehead atoms. The van der Waals surface area contributed by atoms with Gasteiger partial charge in [0.15, 0.2) is 17.5 Å². The highest BCUT2D eigenvalue weighted by molar-refractivity contribution is 14.0. The third kappa shape index (κ3) is 6.65. The van der Waals surface area contributed by atoms with E-state index < -0.39 is 0 Å². The van der Waals surface area contributed by atoms with Gasteiger partial charge in [-0.25, -0.2) is 4.99 Å². The van der Waals surface area contributed by atoms with Gasteiger partial charge in [-0.1, -0.05) is 30.3 Å². The summed E-state index contributed by atoms with van der Waals surface area (Å²) in [6.07, 6.45) is 3.74. The summed E-state index contributed by atoms with van der Waals surface area (Å²) in [6, 6.07) is 15.5. The highest BCUT2D eigenvalue weighted by Crippen LogP contribution is 2.26. The summed E-state index contributed by atoms with van der Waals surface area (Å²) in [5.41, 5.74) is 3.30. The third-order valence-electron chi connectivity index (χ3n) is 4.46. The van der Waals surface area contributed by atoms with Crippen LogP contribution in [0.5, 0.6) is 11.5 Å². The molecule has 30 heavy (non-hydrogen) atoms. The molecule has 0 spiro atoms. The number of aromatic hydroxyl groups is 1. The highest BCUT2D eigenvalue weighted by atomic mass is 127. The molecule has 0 amide bonds. The number of nitrogens with one attached hydrogen (secondary N) is 2. The van der Waals surface area contributed by atoms with Crippen LogP contribution in [0.25, 0.3) is 0 Å². The van der Waals surface area contributed by atoms with Gasteiger partial charge in [0.05, 0.1) is 20.2 Å².